The second-order valence-electron chi connectivity index (χ2n) is 9.44. The highest BCUT2D eigenvalue weighted by molar-refractivity contribution is 7.85. The number of nitrogens with two attached hydrogens (primary N) is 1. The number of carbonyl (C=O) groups excluding carboxylic acids is 1. The summed E-state index contributed by atoms with van der Waals surface area (Å²) in [5, 5.41) is 29.5. The van der Waals surface area contributed by atoms with Gasteiger partial charge in [0, 0.05) is 30.8 Å². The van der Waals surface area contributed by atoms with E-state index in [1.54, 1.807) is 24.3 Å². The van der Waals surface area contributed by atoms with Crippen LogP contribution < -0.4 is 32.6 Å². The number of benzene rings is 2. The molecule has 0 aliphatic carbocycles. The molecule has 2 atom stereocenters. The minimum absolute atomic E-state index is 0.0281. The molecule has 1 amide bonds. The number of carboxylic acids is 2. The average Bonchev–Trinajstić information content (AvgIpc) is 2.94. The molecule has 4 rings (SSSR count). The van der Waals surface area contributed by atoms with E-state index < -0.39 is 34.0 Å². The first-order valence-electron chi connectivity index (χ1n) is 12.8. The van der Waals surface area contributed by atoms with Crippen LogP contribution in [0.2, 0.25) is 0 Å². The molecule has 43 heavy (non-hydrogen) atoms. The Bertz CT molecular complexity index is 1630. The van der Waals surface area contributed by atoms with Crippen molar-refractivity contribution in [1.82, 2.24) is 15.3 Å². The number of nitrogens with one attached hydrogen (secondary N) is 5. The molecule has 0 radical (unpaired) electrons. The minimum atomic E-state index is -4.02. The fourth-order valence-corrected chi connectivity index (χ4v) is 4.29. The van der Waals surface area contributed by atoms with Gasteiger partial charge < -0.3 is 37.2 Å². The highest BCUT2D eigenvalue weighted by Crippen LogP contribution is 2.20. The van der Waals surface area contributed by atoms with Crippen LogP contribution in [0, 0.1) is 6.92 Å². The maximum atomic E-state index is 12.3. The Morgan fingerprint density at radius 2 is 1.74 bits per heavy atom. The maximum Gasteiger partial charge on any atom is 0.326 e. The van der Waals surface area contributed by atoms with Crippen LogP contribution in [0.1, 0.15) is 28.8 Å². The van der Waals surface area contributed by atoms with Gasteiger partial charge in [-0.3, -0.25) is 23.9 Å². The second-order valence-corrected chi connectivity index (χ2v) is 10.9. The van der Waals surface area contributed by atoms with Gasteiger partial charge in [0.25, 0.3) is 21.6 Å². The lowest BCUT2D eigenvalue weighted by molar-refractivity contribution is -0.140. The molecular formula is C26H31N7O9S. The molecule has 1 aliphatic heterocycles. The molecule has 1 unspecified atom stereocenters. The molecule has 3 aromatic rings. The Morgan fingerprint density at radius 3 is 2.33 bits per heavy atom. The largest absolute Gasteiger partial charge is 0.481 e. The zero-order valence-corrected chi connectivity index (χ0v) is 23.6. The van der Waals surface area contributed by atoms with Crippen molar-refractivity contribution in [3.05, 3.63) is 70.0 Å². The Hall–Kier alpha value is -5.16. The van der Waals surface area contributed by atoms with Crippen LogP contribution in [0.15, 0.2) is 58.2 Å². The van der Waals surface area contributed by atoms with Gasteiger partial charge in [0.1, 0.15) is 11.7 Å². The monoisotopic (exact) mass is 617 g/mol. The number of aromatic amines is 1. The topological polar surface area (TPSA) is 266 Å². The zero-order chi connectivity index (χ0) is 31.7. The summed E-state index contributed by atoms with van der Waals surface area (Å²) in [6, 6.07) is 10.9. The number of rotatable bonds is 10. The van der Waals surface area contributed by atoms with E-state index in [0.29, 0.717) is 30.3 Å². The smallest absolute Gasteiger partial charge is 0.326 e. The number of nitrogen functional groups attached to an aromatic ring is 1. The van der Waals surface area contributed by atoms with E-state index in [9.17, 15) is 27.6 Å². The van der Waals surface area contributed by atoms with Gasteiger partial charge in [0.15, 0.2) is 5.82 Å². The van der Waals surface area contributed by atoms with Crippen molar-refractivity contribution in [2.45, 2.75) is 36.7 Å². The molecular weight excluding hydrogens is 586 g/mol. The summed E-state index contributed by atoms with van der Waals surface area (Å²) in [5.74, 6) is -2.64. The number of aryl methyl sites for hydroxylation is 1. The van der Waals surface area contributed by atoms with Crippen molar-refractivity contribution in [2.24, 2.45) is 0 Å². The SMILES string of the molecule is Cc1ccc(S(=O)(=O)O)cc1.Nc1nc2c(c(=O)[nH]1)N[C@@H](CNc1ccc(C(=O)NC(CCC(=O)O)C(=O)O)cc1)CN2. The van der Waals surface area contributed by atoms with Crippen LogP contribution >= 0.6 is 0 Å². The molecule has 2 heterocycles. The van der Waals surface area contributed by atoms with E-state index in [4.69, 9.17) is 20.5 Å². The van der Waals surface area contributed by atoms with E-state index in [2.05, 4.69) is 31.2 Å². The predicted octanol–water partition coefficient (Wildman–Crippen LogP) is 0.960. The molecule has 1 aromatic heterocycles. The molecule has 0 spiro atoms. The first-order chi connectivity index (χ1) is 20.2. The lowest BCUT2D eigenvalue weighted by atomic mass is 10.1. The summed E-state index contributed by atoms with van der Waals surface area (Å²) in [6.07, 6.45) is -0.587. The second kappa shape index (κ2) is 14.1. The number of amides is 1. The van der Waals surface area contributed by atoms with Gasteiger partial charge in [-0.05, 0) is 49.7 Å². The summed E-state index contributed by atoms with van der Waals surface area (Å²) < 4.78 is 29.6. The number of fused-ring (bicyclic) bond motifs is 1. The zero-order valence-electron chi connectivity index (χ0n) is 22.8. The number of H-pyrrole nitrogens is 1. The van der Waals surface area contributed by atoms with E-state index in [0.717, 1.165) is 5.56 Å². The van der Waals surface area contributed by atoms with Crippen LogP contribution in [-0.4, -0.2) is 76.2 Å². The van der Waals surface area contributed by atoms with Crippen LogP contribution in [0.4, 0.5) is 23.1 Å². The number of aromatic nitrogens is 2. The van der Waals surface area contributed by atoms with Crippen LogP contribution in [-0.2, 0) is 19.7 Å². The first kappa shape index (κ1) is 32.4. The van der Waals surface area contributed by atoms with Crippen molar-refractivity contribution in [3.63, 3.8) is 0 Å². The summed E-state index contributed by atoms with van der Waals surface area (Å²) in [5.41, 5.74) is 7.36. The fourth-order valence-electron chi connectivity index (χ4n) is 3.81. The summed E-state index contributed by atoms with van der Waals surface area (Å²) >= 11 is 0. The highest BCUT2D eigenvalue weighted by Gasteiger charge is 2.23. The molecule has 10 N–H and O–H groups in total. The van der Waals surface area contributed by atoms with E-state index in [1.165, 1.54) is 24.3 Å². The van der Waals surface area contributed by atoms with Crippen molar-refractivity contribution in [1.29, 1.82) is 0 Å². The Morgan fingerprint density at radius 1 is 1.09 bits per heavy atom. The molecule has 1 aliphatic rings. The van der Waals surface area contributed by atoms with Gasteiger partial charge in [0.05, 0.1) is 10.9 Å². The fraction of sp³-hybridized carbons (Fsp3) is 0.269. The van der Waals surface area contributed by atoms with Gasteiger partial charge >= 0.3 is 11.9 Å². The Balaban J connectivity index is 0.000000386. The standard InChI is InChI=1S/C19H23N7O6.C7H8O3S/c20-19-25-15-14(17(30)26-19)23-11(8-22-15)7-21-10-3-1-9(2-4-10)16(29)24-12(18(31)32)5-6-13(27)28;1-6-2-4-7(5-3-6)11(8,9)10/h1-4,11-12,21,23H,5-8H2,(H,24,29)(H,27,28)(H,31,32)(H4,20,22,25,26,30);2-5H,1H3,(H,8,9,10)/t11-,12?;/m0./s1. The number of hydrogen-bond acceptors (Lipinski definition) is 11. The molecule has 17 heteroatoms. The number of carbonyl (C=O) groups is 3. The van der Waals surface area contributed by atoms with E-state index >= 15 is 0 Å². The quantitative estimate of drug-likeness (QED) is 0.143. The van der Waals surface area contributed by atoms with Crippen LogP contribution in [0.3, 0.4) is 0 Å². The molecule has 0 saturated carbocycles. The number of hydrogen-bond donors (Lipinski definition) is 9. The Labute approximate surface area is 245 Å². The molecule has 16 nitrogen and oxygen atoms in total. The number of anilines is 4. The lowest BCUT2D eigenvalue weighted by Gasteiger charge is -2.27. The third-order valence-corrected chi connectivity index (χ3v) is 6.94. The van der Waals surface area contributed by atoms with Crippen molar-refractivity contribution < 1.29 is 37.6 Å². The van der Waals surface area contributed by atoms with Gasteiger partial charge in [-0.25, -0.2) is 4.79 Å². The third-order valence-electron chi connectivity index (χ3n) is 6.07. The molecule has 0 bridgehead atoms. The van der Waals surface area contributed by atoms with Crippen molar-refractivity contribution in [2.75, 3.05) is 34.8 Å². The van der Waals surface area contributed by atoms with E-state index in [-0.39, 0.29) is 40.9 Å². The van der Waals surface area contributed by atoms with Gasteiger partial charge in [-0.2, -0.15) is 13.4 Å². The third kappa shape index (κ3) is 9.72. The number of carboxylic acid groups (broad SMARTS) is 2. The van der Waals surface area contributed by atoms with Crippen molar-refractivity contribution in [3.8, 4) is 0 Å². The number of aliphatic carboxylic acids is 2. The molecule has 2 aromatic carbocycles. The number of nitrogens with zero attached hydrogens (tertiary/aromatic N) is 1. The van der Waals surface area contributed by atoms with Gasteiger partial charge in [-0.15, -0.1) is 0 Å². The Kier molecular flexibility index (Phi) is 10.6. The molecule has 0 fully saturated rings. The molecule has 230 valence electrons. The van der Waals surface area contributed by atoms with Crippen molar-refractivity contribution >= 4 is 51.1 Å². The normalized spacial score (nSPS) is 14.4. The maximum absolute atomic E-state index is 12.3. The summed E-state index contributed by atoms with van der Waals surface area (Å²) in [6.45, 7) is 2.80. The summed E-state index contributed by atoms with van der Waals surface area (Å²) in [7, 11) is -4.02. The average molecular weight is 618 g/mol. The minimum Gasteiger partial charge on any atom is -0.481 e. The van der Waals surface area contributed by atoms with Crippen LogP contribution in [0.5, 0.6) is 0 Å². The lowest BCUT2D eigenvalue weighted by Crippen LogP contribution is -2.41. The van der Waals surface area contributed by atoms with E-state index in [1.807, 2.05) is 6.92 Å². The van der Waals surface area contributed by atoms with Crippen LogP contribution in [0.25, 0.3) is 0 Å². The first-order valence-corrected chi connectivity index (χ1v) is 14.2. The predicted molar refractivity (Wildman–Crippen MR) is 157 cm³/mol. The van der Waals surface area contributed by atoms with Gasteiger partial charge in [-0.1, -0.05) is 17.7 Å². The summed E-state index contributed by atoms with van der Waals surface area (Å²) in [4.78, 5) is 52.5. The highest BCUT2D eigenvalue weighted by atomic mass is 32.2. The van der Waals surface area contributed by atoms with Gasteiger partial charge in [0.2, 0.25) is 5.95 Å². The molecule has 0 saturated heterocycles.